The number of aliphatic hydroxyl groups is 1. The second-order valence-corrected chi connectivity index (χ2v) is 8.02. The van der Waals surface area contributed by atoms with Crippen LogP contribution >= 0.6 is 0 Å². The van der Waals surface area contributed by atoms with Gasteiger partial charge in [0.15, 0.2) is 6.23 Å². The first-order valence-electron chi connectivity index (χ1n) is 11.5. The van der Waals surface area contributed by atoms with E-state index in [0.29, 0.717) is 35.8 Å². The average molecular weight is 448 g/mol. The van der Waals surface area contributed by atoms with Gasteiger partial charge in [-0.05, 0) is 48.9 Å². The molecule has 1 aliphatic heterocycles. The lowest BCUT2D eigenvalue weighted by Gasteiger charge is -2.22. The molecule has 1 amide bonds. The third-order valence-corrected chi connectivity index (χ3v) is 5.90. The Bertz CT molecular complexity index is 1190. The first-order valence-corrected chi connectivity index (χ1v) is 11.5. The molecule has 0 radical (unpaired) electrons. The molecule has 0 bridgehead atoms. The first-order chi connectivity index (χ1) is 16.0. The Labute approximate surface area is 193 Å². The van der Waals surface area contributed by atoms with Gasteiger partial charge in [-0.15, -0.1) is 0 Å². The molecule has 33 heavy (non-hydrogen) atoms. The molecule has 0 fully saturated rings. The van der Waals surface area contributed by atoms with E-state index in [4.69, 9.17) is 9.47 Å². The number of benzene rings is 3. The molecule has 172 valence electrons. The van der Waals surface area contributed by atoms with E-state index in [-0.39, 0.29) is 18.3 Å². The van der Waals surface area contributed by atoms with Gasteiger partial charge >= 0.3 is 5.97 Å². The Hall–Kier alpha value is -3.38. The molecule has 6 heteroatoms. The van der Waals surface area contributed by atoms with Crippen molar-refractivity contribution < 1.29 is 24.2 Å². The van der Waals surface area contributed by atoms with E-state index in [9.17, 15) is 14.7 Å². The maximum Gasteiger partial charge on any atom is 0.310 e. The van der Waals surface area contributed by atoms with Crippen LogP contribution in [0.4, 0.5) is 5.69 Å². The lowest BCUT2D eigenvalue weighted by molar-refractivity contribution is -0.142. The van der Waals surface area contributed by atoms with Gasteiger partial charge in [-0.2, -0.15) is 0 Å². The second-order valence-electron chi connectivity index (χ2n) is 8.02. The number of fused-ring (bicyclic) bond motifs is 2. The number of hydrogen-bond acceptors (Lipinski definition) is 5. The van der Waals surface area contributed by atoms with Gasteiger partial charge in [-0.25, -0.2) is 0 Å². The fourth-order valence-electron chi connectivity index (χ4n) is 4.57. The monoisotopic (exact) mass is 447 g/mol. The molecule has 1 atom stereocenters. The van der Waals surface area contributed by atoms with Crippen LogP contribution in [0.25, 0.3) is 10.8 Å². The zero-order chi connectivity index (χ0) is 23.5. The summed E-state index contributed by atoms with van der Waals surface area (Å²) in [6.07, 6.45) is 0.590. The van der Waals surface area contributed by atoms with Crippen molar-refractivity contribution in [3.8, 4) is 5.75 Å². The van der Waals surface area contributed by atoms with Crippen LogP contribution in [-0.2, 0) is 22.4 Å². The van der Waals surface area contributed by atoms with Gasteiger partial charge in [0.25, 0.3) is 5.91 Å². The number of rotatable bonds is 8. The van der Waals surface area contributed by atoms with Gasteiger partial charge in [-0.3, -0.25) is 14.5 Å². The molecule has 4 rings (SSSR count). The molecule has 3 aromatic rings. The number of amides is 1. The van der Waals surface area contributed by atoms with E-state index in [1.54, 1.807) is 31.2 Å². The van der Waals surface area contributed by atoms with Crippen LogP contribution in [0.3, 0.4) is 0 Å². The smallest absolute Gasteiger partial charge is 0.310 e. The van der Waals surface area contributed by atoms with Crippen molar-refractivity contribution in [2.45, 2.75) is 46.3 Å². The normalized spacial score (nSPS) is 15.1. The highest BCUT2D eigenvalue weighted by molar-refractivity contribution is 6.16. The molecule has 6 nitrogen and oxygen atoms in total. The lowest BCUT2D eigenvalue weighted by Crippen LogP contribution is -2.27. The van der Waals surface area contributed by atoms with Crippen LogP contribution < -0.4 is 9.64 Å². The SMILES string of the molecule is CCCc1c2c(c(OCC)c3ccccc13)C(O)N(c1ccc(CC(=O)OCC)cc1)C2=O. The molecule has 0 saturated carbocycles. The molecule has 1 heterocycles. The molecule has 1 aliphatic rings. The number of esters is 1. The lowest BCUT2D eigenvalue weighted by atomic mass is 9.91. The highest BCUT2D eigenvalue weighted by atomic mass is 16.5. The van der Waals surface area contributed by atoms with Crippen molar-refractivity contribution in [2.75, 3.05) is 18.1 Å². The molecule has 3 aromatic carbocycles. The van der Waals surface area contributed by atoms with Crippen molar-refractivity contribution in [1.29, 1.82) is 0 Å². The highest BCUT2D eigenvalue weighted by Crippen LogP contribution is 2.47. The van der Waals surface area contributed by atoms with Crippen LogP contribution in [0.2, 0.25) is 0 Å². The van der Waals surface area contributed by atoms with Gasteiger partial charge in [0.1, 0.15) is 5.75 Å². The minimum atomic E-state index is -1.16. The summed E-state index contributed by atoms with van der Waals surface area (Å²) in [6, 6.07) is 14.9. The topological polar surface area (TPSA) is 76.1 Å². The van der Waals surface area contributed by atoms with Gasteiger partial charge in [0.05, 0.1) is 30.8 Å². The molecule has 0 spiro atoms. The number of anilines is 1. The third kappa shape index (κ3) is 4.07. The van der Waals surface area contributed by atoms with Crippen molar-refractivity contribution >= 4 is 28.3 Å². The maximum absolute atomic E-state index is 13.7. The zero-order valence-corrected chi connectivity index (χ0v) is 19.3. The largest absolute Gasteiger partial charge is 0.493 e. The van der Waals surface area contributed by atoms with Gasteiger partial charge in [-0.1, -0.05) is 49.7 Å². The number of nitrogens with zero attached hydrogens (tertiary/aromatic N) is 1. The number of aliphatic hydroxyl groups excluding tert-OH is 1. The number of carbonyl (C=O) groups is 2. The summed E-state index contributed by atoms with van der Waals surface area (Å²) in [5, 5.41) is 13.2. The Kier molecular flexibility index (Phi) is 6.65. The predicted molar refractivity (Wildman–Crippen MR) is 128 cm³/mol. The fourth-order valence-corrected chi connectivity index (χ4v) is 4.57. The first kappa shape index (κ1) is 22.8. The Morgan fingerprint density at radius 3 is 2.33 bits per heavy atom. The standard InChI is InChI=1S/C27H29NO5/c1-4-9-20-19-10-7-8-11-21(19)25(33-6-3)24-23(20)26(30)28(27(24)31)18-14-12-17(13-15-18)16-22(29)32-5-2/h7-8,10-15,27,31H,4-6,9,16H2,1-3H3. The molecule has 0 saturated heterocycles. The van der Waals surface area contributed by atoms with E-state index in [1.807, 2.05) is 31.2 Å². The van der Waals surface area contributed by atoms with E-state index < -0.39 is 6.23 Å². The summed E-state index contributed by atoms with van der Waals surface area (Å²) in [5.41, 5.74) is 3.34. The van der Waals surface area contributed by atoms with Crippen LogP contribution in [0.5, 0.6) is 5.75 Å². The minimum Gasteiger partial charge on any atom is -0.493 e. The van der Waals surface area contributed by atoms with E-state index in [1.165, 1.54) is 4.90 Å². The fraction of sp³-hybridized carbons (Fsp3) is 0.333. The molecular formula is C27H29NO5. The number of hydrogen-bond donors (Lipinski definition) is 1. The number of ether oxygens (including phenoxy) is 2. The second kappa shape index (κ2) is 9.63. The molecule has 0 aromatic heterocycles. The summed E-state index contributed by atoms with van der Waals surface area (Å²) in [5.74, 6) is 0.0169. The highest BCUT2D eigenvalue weighted by Gasteiger charge is 2.42. The van der Waals surface area contributed by atoms with Gasteiger partial charge < -0.3 is 14.6 Å². The molecule has 1 N–H and O–H groups in total. The Morgan fingerprint density at radius 2 is 1.70 bits per heavy atom. The maximum atomic E-state index is 13.7. The van der Waals surface area contributed by atoms with Crippen LogP contribution in [-0.4, -0.2) is 30.2 Å². The van der Waals surface area contributed by atoms with E-state index in [0.717, 1.165) is 34.7 Å². The van der Waals surface area contributed by atoms with Crippen molar-refractivity contribution in [3.05, 3.63) is 70.8 Å². The summed E-state index contributed by atoms with van der Waals surface area (Å²) < 4.78 is 11.0. The minimum absolute atomic E-state index is 0.158. The van der Waals surface area contributed by atoms with Crippen molar-refractivity contribution in [3.63, 3.8) is 0 Å². The summed E-state index contributed by atoms with van der Waals surface area (Å²) >= 11 is 0. The summed E-state index contributed by atoms with van der Waals surface area (Å²) in [6.45, 7) is 6.50. The van der Waals surface area contributed by atoms with E-state index in [2.05, 4.69) is 6.92 Å². The number of carbonyl (C=O) groups excluding carboxylic acids is 2. The van der Waals surface area contributed by atoms with Gasteiger partial charge in [0.2, 0.25) is 0 Å². The summed E-state index contributed by atoms with van der Waals surface area (Å²) in [4.78, 5) is 26.9. The number of aryl methyl sites for hydroxylation is 1. The van der Waals surface area contributed by atoms with Crippen LogP contribution in [0.15, 0.2) is 48.5 Å². The van der Waals surface area contributed by atoms with Crippen LogP contribution in [0, 0.1) is 0 Å². The van der Waals surface area contributed by atoms with E-state index >= 15 is 0 Å². The Morgan fingerprint density at radius 1 is 1.00 bits per heavy atom. The zero-order valence-electron chi connectivity index (χ0n) is 19.3. The predicted octanol–water partition coefficient (Wildman–Crippen LogP) is 4.95. The molecular weight excluding hydrogens is 418 g/mol. The van der Waals surface area contributed by atoms with Crippen LogP contribution in [0.1, 0.15) is 60.5 Å². The van der Waals surface area contributed by atoms with Crippen molar-refractivity contribution in [2.24, 2.45) is 0 Å². The molecule has 1 unspecified atom stereocenters. The Balaban J connectivity index is 1.80. The average Bonchev–Trinajstić information content (AvgIpc) is 3.07. The molecule has 0 aliphatic carbocycles. The summed E-state index contributed by atoms with van der Waals surface area (Å²) in [7, 11) is 0. The third-order valence-electron chi connectivity index (χ3n) is 5.90. The quantitative estimate of drug-likeness (QED) is 0.495. The van der Waals surface area contributed by atoms with Gasteiger partial charge in [0, 0.05) is 11.1 Å². The van der Waals surface area contributed by atoms with Crippen molar-refractivity contribution in [1.82, 2.24) is 0 Å².